The molecule has 10 heteroatoms. The Morgan fingerprint density at radius 3 is 2.29 bits per heavy atom. The van der Waals surface area contributed by atoms with Crippen molar-refractivity contribution in [3.05, 3.63) is 51.5 Å². The van der Waals surface area contributed by atoms with Crippen LogP contribution in [0, 0.1) is 6.92 Å². The lowest BCUT2D eigenvalue weighted by Crippen LogP contribution is -2.36. The first-order valence-corrected chi connectivity index (χ1v) is 11.2. The Hall–Kier alpha value is -1.24. The van der Waals surface area contributed by atoms with Crippen molar-refractivity contribution in [2.45, 2.75) is 45.7 Å². The number of sulfonamides is 1. The lowest BCUT2D eigenvalue weighted by Gasteiger charge is -2.12. The molecule has 0 bridgehead atoms. The number of hydrogen-bond acceptors (Lipinski definition) is 5. The number of aromatic nitrogens is 1. The molecular formula is C18H28IN5O2S2. The van der Waals surface area contributed by atoms with Crippen molar-refractivity contribution in [2.24, 2.45) is 4.99 Å². The van der Waals surface area contributed by atoms with Crippen LogP contribution in [0.15, 0.2) is 35.5 Å². The van der Waals surface area contributed by atoms with Crippen molar-refractivity contribution in [3.63, 3.8) is 0 Å². The number of guanidine groups is 1. The summed E-state index contributed by atoms with van der Waals surface area (Å²) in [5, 5.41) is 7.48. The van der Waals surface area contributed by atoms with Gasteiger partial charge >= 0.3 is 0 Å². The number of nitrogens with zero attached hydrogens (tertiary/aromatic N) is 2. The Kier molecular flexibility index (Phi) is 10.4. The number of aliphatic imine (C=N–C) groups is 1. The van der Waals surface area contributed by atoms with Crippen molar-refractivity contribution >= 4 is 51.3 Å². The highest BCUT2D eigenvalue weighted by atomic mass is 127. The number of halogens is 1. The van der Waals surface area contributed by atoms with E-state index in [0.717, 1.165) is 16.1 Å². The van der Waals surface area contributed by atoms with E-state index in [1.807, 2.05) is 51.2 Å². The van der Waals surface area contributed by atoms with Gasteiger partial charge in [0.05, 0.1) is 12.3 Å². The molecule has 0 atom stereocenters. The van der Waals surface area contributed by atoms with E-state index in [-0.39, 0.29) is 35.8 Å². The van der Waals surface area contributed by atoms with E-state index in [2.05, 4.69) is 25.3 Å². The van der Waals surface area contributed by atoms with Gasteiger partial charge in [0, 0.05) is 30.7 Å². The summed E-state index contributed by atoms with van der Waals surface area (Å²) in [5.41, 5.74) is 1.80. The van der Waals surface area contributed by atoms with E-state index in [0.29, 0.717) is 19.0 Å². The molecule has 0 unspecified atom stereocenters. The number of hydrogen-bond donors (Lipinski definition) is 3. The first-order chi connectivity index (χ1) is 12.8. The van der Waals surface area contributed by atoms with Crippen LogP contribution in [0.5, 0.6) is 0 Å². The second-order valence-electron chi connectivity index (χ2n) is 6.49. The van der Waals surface area contributed by atoms with Crippen LogP contribution >= 0.6 is 35.3 Å². The Morgan fingerprint density at radius 1 is 1.14 bits per heavy atom. The lowest BCUT2D eigenvalue weighted by atomic mass is 10.1. The van der Waals surface area contributed by atoms with Gasteiger partial charge < -0.3 is 10.6 Å². The topological polar surface area (TPSA) is 95.5 Å². The maximum atomic E-state index is 12.0. The number of benzene rings is 1. The van der Waals surface area contributed by atoms with Gasteiger partial charge in [-0.1, -0.05) is 24.3 Å². The summed E-state index contributed by atoms with van der Waals surface area (Å²) < 4.78 is 26.6. The Balaban J connectivity index is 0.00000392. The first-order valence-electron chi connectivity index (χ1n) is 8.71. The van der Waals surface area contributed by atoms with E-state index in [9.17, 15) is 8.42 Å². The van der Waals surface area contributed by atoms with Crippen molar-refractivity contribution < 1.29 is 8.42 Å². The van der Waals surface area contributed by atoms with E-state index in [1.165, 1.54) is 4.88 Å². The van der Waals surface area contributed by atoms with Crippen LogP contribution in [0.25, 0.3) is 0 Å². The van der Waals surface area contributed by atoms with E-state index >= 15 is 0 Å². The molecule has 0 amide bonds. The number of nitrogens with one attached hydrogen (secondary N) is 3. The number of aryl methyl sites for hydroxylation is 1. The second kappa shape index (κ2) is 11.7. The predicted octanol–water partition coefficient (Wildman–Crippen LogP) is 2.76. The van der Waals surface area contributed by atoms with E-state index in [4.69, 9.17) is 0 Å². The lowest BCUT2D eigenvalue weighted by molar-refractivity contribution is 0.569. The minimum Gasteiger partial charge on any atom is -0.352 e. The molecule has 2 rings (SSSR count). The zero-order valence-corrected chi connectivity index (χ0v) is 20.5. The van der Waals surface area contributed by atoms with Gasteiger partial charge in [0.15, 0.2) is 5.96 Å². The molecule has 0 radical (unpaired) electrons. The molecule has 3 N–H and O–H groups in total. The Bertz CT molecular complexity index is 864. The fraction of sp³-hybridized carbons (Fsp3) is 0.444. The summed E-state index contributed by atoms with van der Waals surface area (Å²) >= 11 is 1.65. The molecule has 7 nitrogen and oxygen atoms in total. The summed E-state index contributed by atoms with van der Waals surface area (Å²) in [5.74, 6) is 0.672. The van der Waals surface area contributed by atoms with Crippen molar-refractivity contribution in [2.75, 3.05) is 7.05 Å². The Morgan fingerprint density at radius 2 is 1.75 bits per heavy atom. The van der Waals surface area contributed by atoms with Gasteiger partial charge in [0.1, 0.15) is 5.01 Å². The molecule has 156 valence electrons. The summed E-state index contributed by atoms with van der Waals surface area (Å²) in [6, 6.07) is 7.41. The summed E-state index contributed by atoms with van der Waals surface area (Å²) in [6.07, 6.45) is 1.86. The number of rotatable bonds is 8. The SMILES string of the molecule is CN=C(NCc1ccc(CS(=O)(=O)NC(C)C)cc1)NCc1ncc(C)s1.I. The quantitative estimate of drug-likeness (QED) is 0.274. The molecule has 1 aromatic carbocycles. The molecule has 0 aliphatic heterocycles. The average molecular weight is 537 g/mol. The van der Waals surface area contributed by atoms with Crippen molar-refractivity contribution in [3.8, 4) is 0 Å². The fourth-order valence-corrected chi connectivity index (χ4v) is 4.58. The molecule has 2 aromatic rings. The molecule has 0 aliphatic carbocycles. The molecule has 1 aromatic heterocycles. The van der Waals surface area contributed by atoms with Gasteiger partial charge in [-0.25, -0.2) is 18.1 Å². The van der Waals surface area contributed by atoms with Crippen LogP contribution in [0.3, 0.4) is 0 Å². The van der Waals surface area contributed by atoms with Gasteiger partial charge in [-0.05, 0) is 31.9 Å². The molecule has 0 spiro atoms. The van der Waals surface area contributed by atoms with Crippen LogP contribution in [-0.2, 0) is 28.9 Å². The second-order valence-corrected chi connectivity index (χ2v) is 9.57. The molecule has 0 fully saturated rings. The highest BCUT2D eigenvalue weighted by molar-refractivity contribution is 14.0. The van der Waals surface area contributed by atoms with Crippen molar-refractivity contribution in [1.29, 1.82) is 0 Å². The average Bonchev–Trinajstić information content (AvgIpc) is 3.00. The van der Waals surface area contributed by atoms with Crippen LogP contribution < -0.4 is 15.4 Å². The largest absolute Gasteiger partial charge is 0.352 e. The normalized spacial score (nSPS) is 12.0. The van der Waals surface area contributed by atoms with Gasteiger partial charge in [0.2, 0.25) is 10.0 Å². The molecule has 0 saturated carbocycles. The minimum absolute atomic E-state index is 0. The van der Waals surface area contributed by atoms with Crippen LogP contribution in [0.2, 0.25) is 0 Å². The molecular weight excluding hydrogens is 509 g/mol. The standard InChI is InChI=1S/C18H27N5O2S2.HI/c1-13(2)23-27(24,25)12-16-7-5-15(6-8-16)10-21-18(19-4)22-11-17-20-9-14(3)26-17;/h5-9,13,23H,10-12H2,1-4H3,(H2,19,21,22);1H. The summed E-state index contributed by atoms with van der Waals surface area (Å²) in [7, 11) is -1.59. The number of thiazole rings is 1. The predicted molar refractivity (Wildman–Crippen MR) is 127 cm³/mol. The zero-order chi connectivity index (χ0) is 19.9. The zero-order valence-electron chi connectivity index (χ0n) is 16.5. The third kappa shape index (κ3) is 8.84. The molecule has 28 heavy (non-hydrogen) atoms. The van der Waals surface area contributed by atoms with E-state index in [1.54, 1.807) is 18.4 Å². The molecule has 0 aliphatic rings. The summed E-state index contributed by atoms with van der Waals surface area (Å²) in [6.45, 7) is 6.86. The van der Waals surface area contributed by atoms with Crippen LogP contribution in [0.1, 0.15) is 34.9 Å². The summed E-state index contributed by atoms with van der Waals surface area (Å²) in [4.78, 5) is 9.70. The minimum atomic E-state index is -3.31. The third-order valence-electron chi connectivity index (χ3n) is 3.55. The fourth-order valence-electron chi connectivity index (χ4n) is 2.42. The maximum Gasteiger partial charge on any atom is 0.216 e. The monoisotopic (exact) mass is 537 g/mol. The van der Waals surface area contributed by atoms with Gasteiger partial charge in [-0.15, -0.1) is 35.3 Å². The van der Waals surface area contributed by atoms with Gasteiger partial charge in [0.25, 0.3) is 0 Å². The highest BCUT2D eigenvalue weighted by Crippen LogP contribution is 2.10. The first kappa shape index (κ1) is 24.8. The van der Waals surface area contributed by atoms with E-state index < -0.39 is 10.0 Å². The third-order valence-corrected chi connectivity index (χ3v) is 6.01. The van der Waals surface area contributed by atoms with Crippen molar-refractivity contribution in [1.82, 2.24) is 20.3 Å². The van der Waals surface area contributed by atoms with Crippen LogP contribution in [0.4, 0.5) is 0 Å². The Labute approximate surface area is 188 Å². The molecule has 0 saturated heterocycles. The van der Waals surface area contributed by atoms with Gasteiger partial charge in [-0.3, -0.25) is 4.99 Å². The molecule has 1 heterocycles. The van der Waals surface area contributed by atoms with Crippen LogP contribution in [-0.4, -0.2) is 32.5 Å². The highest BCUT2D eigenvalue weighted by Gasteiger charge is 2.12. The maximum absolute atomic E-state index is 12.0. The smallest absolute Gasteiger partial charge is 0.216 e. The van der Waals surface area contributed by atoms with Gasteiger partial charge in [-0.2, -0.15) is 0 Å².